The van der Waals surface area contributed by atoms with Crippen LogP contribution in [0, 0.1) is 0 Å². The minimum atomic E-state index is 0.130. The minimum absolute atomic E-state index is 0.130. The van der Waals surface area contributed by atoms with Crippen LogP contribution in [0.4, 0.5) is 0 Å². The summed E-state index contributed by atoms with van der Waals surface area (Å²) >= 11 is 3.68. The van der Waals surface area contributed by atoms with Gasteiger partial charge in [-0.2, -0.15) is 0 Å². The highest BCUT2D eigenvalue weighted by Gasteiger charge is 2.15. The quantitative estimate of drug-likeness (QED) is 0.0257. The molecule has 0 amide bonds. The van der Waals surface area contributed by atoms with Crippen LogP contribution < -0.4 is 66.3 Å². The molecule has 0 atom stereocenters. The molecule has 0 aliphatic carbocycles. The summed E-state index contributed by atoms with van der Waals surface area (Å²) in [4.78, 5) is 0. The molecule has 0 spiro atoms. The lowest BCUT2D eigenvalue weighted by atomic mass is 10.2. The molecule has 522 valence electrons. The van der Waals surface area contributed by atoms with Crippen LogP contribution in [-0.4, -0.2) is 163 Å². The normalized spacial score (nSPS) is 11.0. The fraction of sp³-hybridized carbons (Fsp3) is 0.425. The van der Waals surface area contributed by atoms with Crippen molar-refractivity contribution in [3.63, 3.8) is 0 Å². The average Bonchev–Trinajstić information content (AvgIpc) is 1.11. The first kappa shape index (κ1) is 75.3. The first-order valence-electron chi connectivity index (χ1n) is 31.3. The summed E-state index contributed by atoms with van der Waals surface area (Å²) in [6.45, 7) is 7.11. The third kappa shape index (κ3) is 28.3. The zero-order valence-corrected chi connectivity index (χ0v) is 57.8. The van der Waals surface area contributed by atoms with Gasteiger partial charge in [0.25, 0.3) is 0 Å². The van der Waals surface area contributed by atoms with Crippen molar-refractivity contribution in [1.29, 1.82) is 0 Å². The predicted octanol–water partition coefficient (Wildman–Crippen LogP) is 12.3. The maximum absolute atomic E-state index is 6.62. The minimum Gasteiger partial charge on any atom is -0.491 e. The summed E-state index contributed by atoms with van der Waals surface area (Å²) in [5.41, 5.74) is 5.68. The number of halogens is 1. The van der Waals surface area contributed by atoms with E-state index in [4.69, 9.17) is 104 Å². The van der Waals surface area contributed by atoms with E-state index in [1.54, 1.807) is 56.9 Å². The van der Waals surface area contributed by atoms with Crippen molar-refractivity contribution in [2.45, 2.75) is 45.0 Å². The monoisotopic (exact) mass is 1400 g/mol. The lowest BCUT2D eigenvalue weighted by Crippen LogP contribution is -2.08. The van der Waals surface area contributed by atoms with Crippen molar-refractivity contribution in [2.75, 3.05) is 163 Å². The van der Waals surface area contributed by atoms with E-state index in [2.05, 4.69) is 15.9 Å². The highest BCUT2D eigenvalue weighted by molar-refractivity contribution is 9.08. The van der Waals surface area contributed by atoms with Gasteiger partial charge in [0, 0.05) is 105 Å². The van der Waals surface area contributed by atoms with Gasteiger partial charge in [0.2, 0.25) is 0 Å². The van der Waals surface area contributed by atoms with Crippen molar-refractivity contribution < 1.29 is 104 Å². The summed E-state index contributed by atoms with van der Waals surface area (Å²) in [6.07, 6.45) is 0. The van der Waals surface area contributed by atoms with Gasteiger partial charge >= 0.3 is 0 Å². The summed E-state index contributed by atoms with van der Waals surface area (Å²) in [7, 11) is 13.0. The van der Waals surface area contributed by atoms with Crippen LogP contribution >= 0.6 is 15.9 Å². The van der Waals surface area contributed by atoms with Crippen molar-refractivity contribution in [2.24, 2.45) is 0 Å². The molecule has 96 heavy (non-hydrogen) atoms. The molecule has 0 radical (unpaired) electrons. The lowest BCUT2D eigenvalue weighted by molar-refractivity contribution is 0.142. The lowest BCUT2D eigenvalue weighted by Gasteiger charge is -2.17. The van der Waals surface area contributed by atoms with E-state index in [0.29, 0.717) is 192 Å². The fourth-order valence-electron chi connectivity index (χ4n) is 9.10. The second kappa shape index (κ2) is 43.9. The molecule has 0 fully saturated rings. The van der Waals surface area contributed by atoms with E-state index in [9.17, 15) is 0 Å². The predicted molar refractivity (Wildman–Crippen MR) is 363 cm³/mol. The molecule has 7 rings (SSSR count). The Labute approximate surface area is 571 Å². The first-order valence-corrected chi connectivity index (χ1v) is 32.5. The van der Waals surface area contributed by atoms with Gasteiger partial charge in [-0.25, -0.2) is 0 Å². The van der Waals surface area contributed by atoms with E-state index in [0.717, 1.165) is 38.9 Å². The van der Waals surface area contributed by atoms with Crippen LogP contribution in [0.1, 0.15) is 38.9 Å². The molecule has 0 aliphatic heterocycles. The second-order valence-corrected chi connectivity index (χ2v) is 21.8. The number of rotatable bonds is 51. The van der Waals surface area contributed by atoms with Gasteiger partial charge in [0.15, 0.2) is 0 Å². The van der Waals surface area contributed by atoms with E-state index in [-0.39, 0.29) is 39.6 Å². The van der Waals surface area contributed by atoms with E-state index in [1.807, 2.05) is 127 Å². The molecular formula is C73H91BrO22. The summed E-state index contributed by atoms with van der Waals surface area (Å²) < 4.78 is 129. The van der Waals surface area contributed by atoms with Crippen molar-refractivity contribution in [3.05, 3.63) is 166 Å². The van der Waals surface area contributed by atoms with Gasteiger partial charge in [-0.3, -0.25) is 0 Å². The van der Waals surface area contributed by atoms with Crippen LogP contribution in [0.5, 0.6) is 80.5 Å². The standard InChI is InChI=1S/C73H91BrO22/c1-75-9-17-83-60-27-54(28-61(39-60)84-18-10-76-2)47-93-70-35-58(36-71(44-70)94-48-55-29-62(85-19-11-77-3)40-63(30-55)86-20-12-78-4)51-91-68-25-53(46-74)26-69(43-68)92-52-59-37-72(95-49-56-31-64(87-21-13-79-5)41-65(32-56)88-22-14-80-6)45-73(38-59)96-50-57-33-66(89-23-15-81-7)42-67(34-57)90-24-16-82-8/h25-45H,9-24,46-52H2,1-8H3. The van der Waals surface area contributed by atoms with Gasteiger partial charge in [0.1, 0.15) is 173 Å². The molecule has 0 saturated heterocycles. The summed E-state index contributed by atoms with van der Waals surface area (Å²) in [5, 5.41) is 0.522. The Morgan fingerprint density at radius 3 is 0.417 bits per heavy atom. The molecule has 0 unspecified atom stereocenters. The smallest absolute Gasteiger partial charge is 0.123 e. The molecule has 22 nitrogen and oxygen atoms in total. The van der Waals surface area contributed by atoms with Crippen molar-refractivity contribution in [1.82, 2.24) is 0 Å². The maximum atomic E-state index is 6.62. The van der Waals surface area contributed by atoms with E-state index < -0.39 is 0 Å². The SMILES string of the molecule is COCCOc1cc(COc2cc(COc3cc(CBr)cc(OCc4cc(OCc5cc(OCCOC)cc(OCCOC)c5)cc(OCc5cc(OCCOC)cc(OCCOC)c5)c4)c3)cc(OCc3cc(OCCOC)cc(OCCOC)c3)c2)cc(OCCOC)c1. The third-order valence-electron chi connectivity index (χ3n) is 13.6. The Morgan fingerprint density at radius 2 is 0.292 bits per heavy atom. The van der Waals surface area contributed by atoms with E-state index in [1.165, 1.54) is 0 Å². The van der Waals surface area contributed by atoms with Gasteiger partial charge in [-0.15, -0.1) is 0 Å². The Kier molecular flexibility index (Phi) is 34.4. The highest BCUT2D eigenvalue weighted by Crippen LogP contribution is 2.34. The van der Waals surface area contributed by atoms with Crippen molar-refractivity contribution >= 4 is 15.9 Å². The molecule has 0 heterocycles. The van der Waals surface area contributed by atoms with Crippen LogP contribution in [0.2, 0.25) is 0 Å². The van der Waals surface area contributed by atoms with Crippen LogP contribution in [0.15, 0.2) is 127 Å². The molecule has 0 saturated carbocycles. The number of benzene rings is 7. The van der Waals surface area contributed by atoms with E-state index >= 15 is 0 Å². The second-order valence-electron chi connectivity index (χ2n) is 21.3. The zero-order chi connectivity index (χ0) is 67.8. The van der Waals surface area contributed by atoms with Gasteiger partial charge in [0.05, 0.1) is 52.9 Å². The molecule has 7 aromatic rings. The van der Waals surface area contributed by atoms with Crippen molar-refractivity contribution in [3.8, 4) is 80.5 Å². The first-order chi connectivity index (χ1) is 47.1. The number of methoxy groups -OCH3 is 8. The molecule has 0 aromatic heterocycles. The molecular weight excluding hydrogens is 1310 g/mol. The number of hydrogen-bond donors (Lipinski definition) is 0. The fourth-order valence-corrected chi connectivity index (χ4v) is 9.42. The van der Waals surface area contributed by atoms with Gasteiger partial charge in [-0.05, 0) is 124 Å². The maximum Gasteiger partial charge on any atom is 0.123 e. The highest BCUT2D eigenvalue weighted by atomic mass is 79.9. The number of ether oxygens (including phenoxy) is 22. The summed E-state index contributed by atoms with van der Waals surface area (Å²) in [6, 6.07) is 39.7. The number of alkyl halides is 1. The Bertz CT molecular complexity index is 2840. The molecule has 0 aliphatic rings. The number of hydrogen-bond acceptors (Lipinski definition) is 22. The Balaban J connectivity index is 1.15. The average molecular weight is 1400 g/mol. The van der Waals surface area contributed by atoms with Crippen LogP contribution in [0.3, 0.4) is 0 Å². The largest absolute Gasteiger partial charge is 0.491 e. The topological polar surface area (TPSA) is 203 Å². The van der Waals surface area contributed by atoms with Gasteiger partial charge in [-0.1, -0.05) is 15.9 Å². The third-order valence-corrected chi connectivity index (χ3v) is 14.3. The zero-order valence-electron chi connectivity index (χ0n) is 56.2. The van der Waals surface area contributed by atoms with Gasteiger partial charge < -0.3 is 104 Å². The molecule has 0 bridgehead atoms. The molecule has 0 N–H and O–H groups in total. The van der Waals surface area contributed by atoms with Crippen LogP contribution in [0.25, 0.3) is 0 Å². The summed E-state index contributed by atoms with van der Waals surface area (Å²) in [5.74, 6) is 8.11. The van der Waals surface area contributed by atoms with Crippen LogP contribution in [-0.2, 0) is 82.9 Å². The molecule has 23 heteroatoms. The Hall–Kier alpha value is -8.10. The molecule has 7 aromatic carbocycles. The Morgan fingerprint density at radius 1 is 0.167 bits per heavy atom.